The minimum atomic E-state index is -4.74. The molecule has 36 heavy (non-hydrogen) atoms. The van der Waals surface area contributed by atoms with Crippen molar-refractivity contribution in [1.29, 1.82) is 0 Å². The number of sulfonamides is 1. The Morgan fingerprint density at radius 2 is 1.44 bits per heavy atom. The molecule has 198 valence electrons. The van der Waals surface area contributed by atoms with Crippen LogP contribution in [0, 0.1) is 0 Å². The van der Waals surface area contributed by atoms with Crippen LogP contribution in [0.3, 0.4) is 0 Å². The molecule has 0 aromatic heterocycles. The summed E-state index contributed by atoms with van der Waals surface area (Å²) in [5.41, 5.74) is 1.01. The smallest absolute Gasteiger partial charge is 0.422 e. The van der Waals surface area contributed by atoms with Crippen LogP contribution in [0.2, 0.25) is 0 Å². The number of halogens is 6. The molecule has 0 saturated carbocycles. The molecule has 0 atom stereocenters. The summed E-state index contributed by atoms with van der Waals surface area (Å²) in [5.74, 6) is -1.09. The van der Waals surface area contributed by atoms with E-state index in [0.29, 0.717) is 19.6 Å². The van der Waals surface area contributed by atoms with Gasteiger partial charge in [0.15, 0.2) is 13.2 Å². The van der Waals surface area contributed by atoms with Crippen LogP contribution in [0.5, 0.6) is 11.5 Å². The van der Waals surface area contributed by atoms with Gasteiger partial charge in [0.1, 0.15) is 16.4 Å². The molecule has 1 aliphatic rings. The molecule has 3 rings (SSSR count). The molecule has 2 aromatic rings. The lowest BCUT2D eigenvalue weighted by molar-refractivity contribution is -0.154. The summed E-state index contributed by atoms with van der Waals surface area (Å²) >= 11 is 0. The van der Waals surface area contributed by atoms with Crippen molar-refractivity contribution in [1.82, 2.24) is 9.21 Å². The summed E-state index contributed by atoms with van der Waals surface area (Å²) < 4.78 is 112. The predicted octanol–water partition coefficient (Wildman–Crippen LogP) is 4.59. The molecule has 6 nitrogen and oxygen atoms in total. The number of piperazine rings is 1. The average Bonchev–Trinajstić information content (AvgIpc) is 2.82. The van der Waals surface area contributed by atoms with Gasteiger partial charge < -0.3 is 9.47 Å². The molecule has 0 spiro atoms. The number of ether oxygens (including phenoxy) is 2. The molecule has 0 radical (unpaired) electrons. The second-order valence-corrected chi connectivity index (χ2v) is 9.84. The van der Waals surface area contributed by atoms with E-state index in [9.17, 15) is 34.8 Å². The maximum absolute atomic E-state index is 13.2. The topological polar surface area (TPSA) is 59.1 Å². The maximum atomic E-state index is 13.2. The van der Waals surface area contributed by atoms with E-state index in [1.807, 2.05) is 47.4 Å². The van der Waals surface area contributed by atoms with Gasteiger partial charge in [-0.2, -0.15) is 30.6 Å². The lowest BCUT2D eigenvalue weighted by Gasteiger charge is -2.33. The lowest BCUT2D eigenvalue weighted by atomic mass is 10.2. The average molecular weight is 539 g/mol. The molecule has 0 bridgehead atoms. The molecule has 13 heteroatoms. The van der Waals surface area contributed by atoms with E-state index < -0.39 is 52.0 Å². The Morgan fingerprint density at radius 1 is 0.833 bits per heavy atom. The second-order valence-electron chi connectivity index (χ2n) is 7.93. The molecule has 1 heterocycles. The lowest BCUT2D eigenvalue weighted by Crippen LogP contribution is -2.48. The Balaban J connectivity index is 1.72. The largest absolute Gasteiger partial charge is 0.484 e. The standard InChI is InChI=1S/C23H24F6N2O4S/c24-22(25,26)16-34-19-8-9-20(35-17-23(27,28)29)21(15-19)36(32,33)31-13-11-30(12-14-31)10-4-7-18-5-2-1-3-6-18/h1-9,15H,10-14,16-17H2/b7-4-. The van der Waals surface area contributed by atoms with Crippen LogP contribution >= 0.6 is 0 Å². The summed E-state index contributed by atoms with van der Waals surface area (Å²) in [6.45, 7) is -2.13. The van der Waals surface area contributed by atoms with Gasteiger partial charge in [-0.1, -0.05) is 42.5 Å². The molecular formula is C23H24F6N2O4S. The first kappa shape index (κ1) is 27.8. The van der Waals surface area contributed by atoms with Gasteiger partial charge in [0.25, 0.3) is 0 Å². The highest BCUT2D eigenvalue weighted by molar-refractivity contribution is 7.89. The van der Waals surface area contributed by atoms with Crippen LogP contribution in [0.1, 0.15) is 5.56 Å². The van der Waals surface area contributed by atoms with Crippen LogP contribution in [0.25, 0.3) is 6.08 Å². The molecule has 0 aliphatic carbocycles. The van der Waals surface area contributed by atoms with E-state index in [1.54, 1.807) is 0 Å². The molecule has 2 aromatic carbocycles. The minimum absolute atomic E-state index is 0.0356. The van der Waals surface area contributed by atoms with Crippen LogP contribution < -0.4 is 9.47 Å². The highest BCUT2D eigenvalue weighted by atomic mass is 32.2. The van der Waals surface area contributed by atoms with E-state index in [2.05, 4.69) is 9.47 Å². The van der Waals surface area contributed by atoms with E-state index >= 15 is 0 Å². The first-order valence-electron chi connectivity index (χ1n) is 10.8. The molecule has 0 amide bonds. The summed E-state index contributed by atoms with van der Waals surface area (Å²) in [4.78, 5) is 1.30. The van der Waals surface area contributed by atoms with E-state index in [4.69, 9.17) is 0 Å². The van der Waals surface area contributed by atoms with Gasteiger partial charge in [0.2, 0.25) is 10.0 Å². The zero-order chi connectivity index (χ0) is 26.4. The third-order valence-electron chi connectivity index (χ3n) is 5.13. The van der Waals surface area contributed by atoms with Crippen LogP contribution in [0.15, 0.2) is 59.5 Å². The number of benzene rings is 2. The van der Waals surface area contributed by atoms with Crippen molar-refractivity contribution in [3.63, 3.8) is 0 Å². The van der Waals surface area contributed by atoms with Gasteiger partial charge >= 0.3 is 12.4 Å². The number of hydrogen-bond acceptors (Lipinski definition) is 5. The number of hydrogen-bond donors (Lipinski definition) is 0. The highest BCUT2D eigenvalue weighted by Crippen LogP contribution is 2.33. The maximum Gasteiger partial charge on any atom is 0.422 e. The predicted molar refractivity (Wildman–Crippen MR) is 120 cm³/mol. The SMILES string of the molecule is O=S(=O)(c1cc(OCC(F)(F)F)ccc1OCC(F)(F)F)N1CCN(C/C=C\c2ccccc2)CC1. The fraction of sp³-hybridized carbons (Fsp3) is 0.391. The molecular weight excluding hydrogens is 514 g/mol. The normalized spacial score (nSPS) is 16.4. The number of nitrogens with zero attached hydrogens (tertiary/aromatic N) is 2. The second kappa shape index (κ2) is 11.5. The van der Waals surface area contributed by atoms with Gasteiger partial charge in [-0.15, -0.1) is 0 Å². The van der Waals surface area contributed by atoms with Crippen LogP contribution in [0.4, 0.5) is 26.3 Å². The Morgan fingerprint density at radius 3 is 2.06 bits per heavy atom. The van der Waals surface area contributed by atoms with Crippen molar-refractivity contribution in [2.24, 2.45) is 0 Å². The molecule has 1 aliphatic heterocycles. The quantitative estimate of drug-likeness (QED) is 0.438. The van der Waals surface area contributed by atoms with Crippen molar-refractivity contribution < 1.29 is 44.2 Å². The van der Waals surface area contributed by atoms with Crippen LogP contribution in [-0.4, -0.2) is 75.9 Å². The summed E-state index contributed by atoms with van der Waals surface area (Å²) in [7, 11) is -4.39. The monoisotopic (exact) mass is 538 g/mol. The first-order valence-corrected chi connectivity index (χ1v) is 12.2. The third-order valence-corrected chi connectivity index (χ3v) is 7.05. The zero-order valence-corrected chi connectivity index (χ0v) is 19.7. The van der Waals surface area contributed by atoms with Crippen molar-refractivity contribution in [3.05, 3.63) is 60.2 Å². The molecule has 1 fully saturated rings. The van der Waals surface area contributed by atoms with Gasteiger partial charge in [-0.25, -0.2) is 8.42 Å². The van der Waals surface area contributed by atoms with E-state index in [-0.39, 0.29) is 13.1 Å². The van der Waals surface area contributed by atoms with E-state index in [1.165, 1.54) is 0 Å². The van der Waals surface area contributed by atoms with Crippen molar-refractivity contribution in [2.75, 3.05) is 45.9 Å². The van der Waals surface area contributed by atoms with E-state index in [0.717, 1.165) is 28.1 Å². The summed E-state index contributed by atoms with van der Waals surface area (Å²) in [6, 6.07) is 12.1. The van der Waals surface area contributed by atoms with Crippen LogP contribution in [-0.2, 0) is 10.0 Å². The molecule has 0 N–H and O–H groups in total. The van der Waals surface area contributed by atoms with Crippen molar-refractivity contribution in [2.45, 2.75) is 17.2 Å². The Hall–Kier alpha value is -2.77. The number of alkyl halides is 6. The molecule has 0 unspecified atom stereocenters. The first-order chi connectivity index (χ1) is 16.8. The summed E-state index contributed by atoms with van der Waals surface area (Å²) in [6.07, 6.45) is -5.56. The molecule has 1 saturated heterocycles. The van der Waals surface area contributed by atoms with Crippen molar-refractivity contribution >= 4 is 16.1 Å². The van der Waals surface area contributed by atoms with Gasteiger partial charge in [0.05, 0.1) is 0 Å². The third kappa shape index (κ3) is 8.42. The fourth-order valence-corrected chi connectivity index (χ4v) is 4.99. The Bertz CT molecular complexity index is 1130. The minimum Gasteiger partial charge on any atom is -0.484 e. The van der Waals surface area contributed by atoms with Gasteiger partial charge in [-0.3, -0.25) is 4.90 Å². The number of rotatable bonds is 9. The van der Waals surface area contributed by atoms with Gasteiger partial charge in [0, 0.05) is 38.8 Å². The Labute approximate surface area is 204 Å². The zero-order valence-electron chi connectivity index (χ0n) is 18.9. The van der Waals surface area contributed by atoms with Crippen molar-refractivity contribution in [3.8, 4) is 11.5 Å². The van der Waals surface area contributed by atoms with Gasteiger partial charge in [-0.05, 0) is 17.7 Å². The summed E-state index contributed by atoms with van der Waals surface area (Å²) in [5, 5.41) is 0. The highest BCUT2D eigenvalue weighted by Gasteiger charge is 2.34. The Kier molecular flexibility index (Phi) is 8.90. The fourth-order valence-electron chi connectivity index (χ4n) is 3.42.